The number of hydrogen-bond acceptors (Lipinski definition) is 6. The molecule has 2 aliphatic rings. The highest BCUT2D eigenvalue weighted by atomic mass is 16.5. The number of hydrogen-bond donors (Lipinski definition) is 0. The molecule has 0 N–H and O–H groups in total. The number of rotatable bonds is 11. The first kappa shape index (κ1) is 31.4. The number of carbonyl (C=O) groups excluding carboxylic acids is 4. The van der Waals surface area contributed by atoms with Crippen LogP contribution in [-0.2, 0) is 30.3 Å². The summed E-state index contributed by atoms with van der Waals surface area (Å²) in [5.41, 5.74) is 0.874. The number of nitrogens with zero attached hydrogens (tertiary/aromatic N) is 3. The number of esters is 1. The Morgan fingerprint density at radius 2 is 1.60 bits per heavy atom. The van der Waals surface area contributed by atoms with Gasteiger partial charge in [0.1, 0.15) is 17.8 Å². The minimum atomic E-state index is -0.508. The van der Waals surface area contributed by atoms with Crippen LogP contribution in [0.3, 0.4) is 0 Å². The van der Waals surface area contributed by atoms with Crippen molar-refractivity contribution in [1.82, 2.24) is 14.7 Å². The predicted molar refractivity (Wildman–Crippen MR) is 153 cm³/mol. The van der Waals surface area contributed by atoms with Crippen LogP contribution in [0.2, 0.25) is 0 Å². The van der Waals surface area contributed by atoms with Gasteiger partial charge in [-0.2, -0.15) is 0 Å². The van der Waals surface area contributed by atoms with E-state index in [2.05, 4.69) is 27.7 Å². The van der Waals surface area contributed by atoms with Crippen LogP contribution in [-0.4, -0.2) is 90.4 Å². The molecule has 2 heterocycles. The van der Waals surface area contributed by atoms with E-state index in [-0.39, 0.29) is 41.9 Å². The molecule has 0 bridgehead atoms. The van der Waals surface area contributed by atoms with E-state index < -0.39 is 12.1 Å². The van der Waals surface area contributed by atoms with E-state index in [0.29, 0.717) is 51.5 Å². The molecule has 222 valence electrons. The molecule has 40 heavy (non-hydrogen) atoms. The van der Waals surface area contributed by atoms with Crippen molar-refractivity contribution in [2.24, 2.45) is 17.8 Å². The topological polar surface area (TPSA) is 96.5 Å². The number of piperazine rings is 1. The summed E-state index contributed by atoms with van der Waals surface area (Å²) in [6, 6.07) is 6.45. The summed E-state index contributed by atoms with van der Waals surface area (Å²) >= 11 is 0. The molecule has 0 aromatic heterocycles. The molecule has 3 amide bonds. The van der Waals surface area contributed by atoms with Gasteiger partial charge in [0.25, 0.3) is 0 Å². The van der Waals surface area contributed by atoms with Gasteiger partial charge in [0.2, 0.25) is 17.7 Å². The number of likely N-dealkylation sites (tertiary alicyclic amines) is 1. The van der Waals surface area contributed by atoms with E-state index in [0.717, 1.165) is 24.2 Å². The quantitative estimate of drug-likeness (QED) is 0.386. The van der Waals surface area contributed by atoms with Crippen LogP contribution < -0.4 is 4.74 Å². The minimum Gasteiger partial charge on any atom is -0.493 e. The van der Waals surface area contributed by atoms with E-state index in [9.17, 15) is 19.2 Å². The van der Waals surface area contributed by atoms with E-state index in [4.69, 9.17) is 9.47 Å². The summed E-state index contributed by atoms with van der Waals surface area (Å²) in [7, 11) is 1.38. The van der Waals surface area contributed by atoms with Crippen molar-refractivity contribution in [3.63, 3.8) is 0 Å². The molecule has 0 aliphatic carbocycles. The zero-order valence-electron chi connectivity index (χ0n) is 25.1. The standard InChI is InChI=1S/C31H47N3O6/c1-21(2)17-27(34-16-15-33(23(5)35)28(31(34)38)18-22(3)4)30(37)32-13-11-25(12-14-32)20-40-26-9-7-24(8-10-26)19-29(36)39-6/h7-10,21-22,25,27-28H,11-20H2,1-6H3/t27-,28-/m0/s1. The lowest BCUT2D eigenvalue weighted by Gasteiger charge is -2.45. The Balaban J connectivity index is 1.58. The van der Waals surface area contributed by atoms with Crippen molar-refractivity contribution in [1.29, 1.82) is 0 Å². The average molecular weight is 558 g/mol. The van der Waals surface area contributed by atoms with Gasteiger partial charge in [0, 0.05) is 33.1 Å². The molecular weight excluding hydrogens is 510 g/mol. The maximum atomic E-state index is 13.8. The van der Waals surface area contributed by atoms with Gasteiger partial charge in [-0.3, -0.25) is 19.2 Å². The van der Waals surface area contributed by atoms with Gasteiger partial charge in [-0.15, -0.1) is 0 Å². The predicted octanol–water partition coefficient (Wildman–Crippen LogP) is 3.54. The van der Waals surface area contributed by atoms with Gasteiger partial charge in [0.05, 0.1) is 20.1 Å². The second kappa shape index (κ2) is 14.5. The van der Waals surface area contributed by atoms with Crippen LogP contribution in [0.5, 0.6) is 5.75 Å². The third-order valence-corrected chi connectivity index (χ3v) is 7.89. The molecule has 9 heteroatoms. The summed E-state index contributed by atoms with van der Waals surface area (Å²) in [5.74, 6) is 1.14. The first-order chi connectivity index (χ1) is 19.0. The van der Waals surface area contributed by atoms with Crippen LogP contribution >= 0.6 is 0 Å². The summed E-state index contributed by atoms with van der Waals surface area (Å²) in [5, 5.41) is 0. The Morgan fingerprint density at radius 3 is 2.15 bits per heavy atom. The third-order valence-electron chi connectivity index (χ3n) is 7.89. The number of amides is 3. The second-order valence-electron chi connectivity index (χ2n) is 12.0. The third kappa shape index (κ3) is 8.45. The van der Waals surface area contributed by atoms with Gasteiger partial charge in [0.15, 0.2) is 0 Å². The summed E-state index contributed by atoms with van der Waals surface area (Å²) in [6.45, 7) is 12.5. The van der Waals surface area contributed by atoms with Crippen molar-refractivity contribution in [2.45, 2.75) is 78.8 Å². The fourth-order valence-electron chi connectivity index (χ4n) is 5.66. The van der Waals surface area contributed by atoms with E-state index in [1.54, 1.807) is 9.80 Å². The van der Waals surface area contributed by atoms with E-state index in [1.165, 1.54) is 14.0 Å². The van der Waals surface area contributed by atoms with Crippen LogP contribution in [0.4, 0.5) is 0 Å². The molecule has 0 radical (unpaired) electrons. The highest BCUT2D eigenvalue weighted by Gasteiger charge is 2.42. The van der Waals surface area contributed by atoms with Crippen molar-refractivity contribution in [2.75, 3.05) is 39.9 Å². The SMILES string of the molecule is COC(=O)Cc1ccc(OCC2CCN(C(=O)[C@H](CC(C)C)N3CCN(C(C)=O)[C@@H](CC(C)C)C3=O)CC2)cc1. The molecule has 1 aromatic carbocycles. The van der Waals surface area contributed by atoms with Gasteiger partial charge < -0.3 is 24.2 Å². The average Bonchev–Trinajstić information content (AvgIpc) is 2.92. The maximum absolute atomic E-state index is 13.8. The lowest BCUT2D eigenvalue weighted by atomic mass is 9.93. The van der Waals surface area contributed by atoms with Crippen LogP contribution in [0, 0.1) is 17.8 Å². The summed E-state index contributed by atoms with van der Waals surface area (Å²) < 4.78 is 10.7. The molecule has 2 saturated heterocycles. The minimum absolute atomic E-state index is 0.0159. The Morgan fingerprint density at radius 1 is 0.950 bits per heavy atom. The maximum Gasteiger partial charge on any atom is 0.309 e. The lowest BCUT2D eigenvalue weighted by Crippen LogP contribution is -2.63. The fraction of sp³-hybridized carbons (Fsp3) is 0.677. The number of methoxy groups -OCH3 is 1. The molecule has 0 saturated carbocycles. The Bertz CT molecular complexity index is 1020. The Hall–Kier alpha value is -3.10. The number of piperidine rings is 1. The number of carbonyl (C=O) groups is 4. The normalized spacial score (nSPS) is 19.2. The molecule has 2 atom stereocenters. The van der Waals surface area contributed by atoms with Gasteiger partial charge in [-0.05, 0) is 61.1 Å². The van der Waals surface area contributed by atoms with Gasteiger partial charge in [-0.1, -0.05) is 39.8 Å². The van der Waals surface area contributed by atoms with Crippen LogP contribution in [0.25, 0.3) is 0 Å². The van der Waals surface area contributed by atoms with E-state index >= 15 is 0 Å². The molecule has 0 spiro atoms. The zero-order valence-corrected chi connectivity index (χ0v) is 25.1. The summed E-state index contributed by atoms with van der Waals surface area (Å²) in [6.07, 6.45) is 3.10. The molecule has 1 aromatic rings. The van der Waals surface area contributed by atoms with Crippen molar-refractivity contribution >= 4 is 23.7 Å². The molecular formula is C31H47N3O6. The highest BCUT2D eigenvalue weighted by Crippen LogP contribution is 2.26. The first-order valence-corrected chi connectivity index (χ1v) is 14.6. The zero-order chi connectivity index (χ0) is 29.4. The highest BCUT2D eigenvalue weighted by molar-refractivity contribution is 5.92. The lowest BCUT2D eigenvalue weighted by molar-refractivity contribution is -0.159. The fourth-order valence-corrected chi connectivity index (χ4v) is 5.66. The molecule has 3 rings (SSSR count). The molecule has 0 unspecified atom stereocenters. The molecule has 9 nitrogen and oxygen atoms in total. The van der Waals surface area contributed by atoms with E-state index in [1.807, 2.05) is 29.2 Å². The molecule has 2 fully saturated rings. The van der Waals surface area contributed by atoms with Gasteiger partial charge in [-0.25, -0.2) is 0 Å². The Kier molecular flexibility index (Phi) is 11.4. The van der Waals surface area contributed by atoms with Crippen molar-refractivity contribution < 1.29 is 28.7 Å². The number of ether oxygens (including phenoxy) is 2. The van der Waals surface area contributed by atoms with Crippen LogP contribution in [0.1, 0.15) is 65.9 Å². The second-order valence-corrected chi connectivity index (χ2v) is 12.0. The summed E-state index contributed by atoms with van der Waals surface area (Å²) in [4.78, 5) is 56.5. The van der Waals surface area contributed by atoms with Crippen LogP contribution in [0.15, 0.2) is 24.3 Å². The van der Waals surface area contributed by atoms with Crippen molar-refractivity contribution in [3.8, 4) is 5.75 Å². The van der Waals surface area contributed by atoms with Crippen molar-refractivity contribution in [3.05, 3.63) is 29.8 Å². The largest absolute Gasteiger partial charge is 0.493 e. The Labute approximate surface area is 239 Å². The monoisotopic (exact) mass is 557 g/mol. The molecule has 2 aliphatic heterocycles. The number of benzene rings is 1. The first-order valence-electron chi connectivity index (χ1n) is 14.6. The van der Waals surface area contributed by atoms with Gasteiger partial charge >= 0.3 is 5.97 Å². The smallest absolute Gasteiger partial charge is 0.309 e.